The first-order valence-corrected chi connectivity index (χ1v) is 7.20. The molecule has 0 spiro atoms. The van der Waals surface area contributed by atoms with Gasteiger partial charge >= 0.3 is 0 Å². The Morgan fingerprint density at radius 2 is 2.16 bits per heavy atom. The average molecular weight is 263 g/mol. The highest BCUT2D eigenvalue weighted by atomic mass is 16.5. The van der Waals surface area contributed by atoms with Crippen LogP contribution in [0.25, 0.3) is 0 Å². The molecule has 2 heterocycles. The van der Waals surface area contributed by atoms with Crippen LogP contribution in [0.1, 0.15) is 37.9 Å². The van der Waals surface area contributed by atoms with Crippen LogP contribution >= 0.6 is 0 Å². The van der Waals surface area contributed by atoms with Crippen molar-refractivity contribution in [3.8, 4) is 0 Å². The van der Waals surface area contributed by atoms with Crippen LogP contribution in [0.4, 0.5) is 5.69 Å². The van der Waals surface area contributed by atoms with E-state index in [9.17, 15) is 0 Å². The monoisotopic (exact) mass is 263 g/mol. The Morgan fingerprint density at radius 1 is 1.42 bits per heavy atom. The molecule has 0 radical (unpaired) electrons. The first-order valence-electron chi connectivity index (χ1n) is 7.20. The lowest BCUT2D eigenvalue weighted by molar-refractivity contribution is 0.139. The second kappa shape index (κ2) is 6.87. The third-order valence-electron chi connectivity index (χ3n) is 3.97. The Hall–Kier alpha value is -1.13. The van der Waals surface area contributed by atoms with Gasteiger partial charge in [-0.15, -0.1) is 0 Å². The summed E-state index contributed by atoms with van der Waals surface area (Å²) in [5, 5.41) is 0. The number of aromatic nitrogens is 1. The summed E-state index contributed by atoms with van der Waals surface area (Å²) in [6, 6.07) is 4.26. The zero-order valence-corrected chi connectivity index (χ0v) is 12.0. The summed E-state index contributed by atoms with van der Waals surface area (Å²) in [5.74, 6) is 0.710. The van der Waals surface area contributed by atoms with Crippen molar-refractivity contribution >= 4 is 5.69 Å². The molecule has 0 bridgehead atoms. The molecule has 0 amide bonds. The molecule has 106 valence electrons. The fourth-order valence-electron chi connectivity index (χ4n) is 2.61. The molecule has 2 rings (SSSR count). The summed E-state index contributed by atoms with van der Waals surface area (Å²) in [4.78, 5) is 6.89. The molecule has 19 heavy (non-hydrogen) atoms. The van der Waals surface area contributed by atoms with Gasteiger partial charge in [0.2, 0.25) is 0 Å². The van der Waals surface area contributed by atoms with Crippen LogP contribution in [0, 0.1) is 5.92 Å². The second-order valence-corrected chi connectivity index (χ2v) is 5.34. The highest BCUT2D eigenvalue weighted by molar-refractivity contribution is 5.45. The van der Waals surface area contributed by atoms with Crippen molar-refractivity contribution in [2.75, 3.05) is 31.7 Å². The maximum atomic E-state index is 5.98. The molecule has 4 heteroatoms. The summed E-state index contributed by atoms with van der Waals surface area (Å²) in [6.45, 7) is 5.15. The van der Waals surface area contributed by atoms with Crippen LogP contribution < -0.4 is 10.6 Å². The molecule has 0 aromatic carbocycles. The van der Waals surface area contributed by atoms with Crippen molar-refractivity contribution in [2.24, 2.45) is 11.7 Å². The molecular weight excluding hydrogens is 238 g/mol. The van der Waals surface area contributed by atoms with Crippen molar-refractivity contribution in [1.29, 1.82) is 0 Å². The van der Waals surface area contributed by atoms with Crippen molar-refractivity contribution < 1.29 is 4.74 Å². The number of piperidine rings is 1. The summed E-state index contributed by atoms with van der Waals surface area (Å²) in [6.07, 6.45) is 5.28. The van der Waals surface area contributed by atoms with Crippen molar-refractivity contribution in [2.45, 2.75) is 32.2 Å². The number of ether oxygens (including phenoxy) is 1. The molecule has 0 saturated carbocycles. The van der Waals surface area contributed by atoms with Crippen LogP contribution in [0.15, 0.2) is 18.3 Å². The maximum absolute atomic E-state index is 5.98. The number of anilines is 1. The first-order chi connectivity index (χ1) is 9.24. The zero-order chi connectivity index (χ0) is 13.7. The highest BCUT2D eigenvalue weighted by Gasteiger charge is 2.19. The molecule has 1 aromatic rings. The molecule has 1 aliphatic heterocycles. The van der Waals surface area contributed by atoms with E-state index in [-0.39, 0.29) is 6.04 Å². The number of pyridine rings is 1. The van der Waals surface area contributed by atoms with E-state index in [1.165, 1.54) is 18.5 Å². The van der Waals surface area contributed by atoms with E-state index in [0.717, 1.165) is 31.8 Å². The van der Waals surface area contributed by atoms with E-state index in [4.69, 9.17) is 10.5 Å². The van der Waals surface area contributed by atoms with E-state index >= 15 is 0 Å². The molecule has 0 aliphatic carbocycles. The number of hydrogen-bond donors (Lipinski definition) is 1. The fourth-order valence-corrected chi connectivity index (χ4v) is 2.61. The minimum absolute atomic E-state index is 0.0569. The van der Waals surface area contributed by atoms with Gasteiger partial charge in [-0.25, -0.2) is 0 Å². The molecule has 1 fully saturated rings. The minimum Gasteiger partial charge on any atom is -0.384 e. The number of nitrogens with two attached hydrogens (primary N) is 1. The van der Waals surface area contributed by atoms with Gasteiger partial charge in [0.15, 0.2) is 0 Å². The first kappa shape index (κ1) is 14.3. The summed E-state index contributed by atoms with van der Waals surface area (Å²) < 4.78 is 5.23. The van der Waals surface area contributed by atoms with Crippen LogP contribution in [0.3, 0.4) is 0 Å². The quantitative estimate of drug-likeness (QED) is 0.886. The normalized spacial score (nSPS) is 18.6. The Morgan fingerprint density at radius 3 is 2.68 bits per heavy atom. The van der Waals surface area contributed by atoms with E-state index in [1.807, 2.05) is 6.20 Å². The van der Waals surface area contributed by atoms with Gasteiger partial charge < -0.3 is 15.4 Å². The number of rotatable bonds is 5. The highest BCUT2D eigenvalue weighted by Crippen LogP contribution is 2.23. The topological polar surface area (TPSA) is 51.4 Å². The van der Waals surface area contributed by atoms with Gasteiger partial charge in [0.25, 0.3) is 0 Å². The molecule has 0 unspecified atom stereocenters. The van der Waals surface area contributed by atoms with Gasteiger partial charge in [0.05, 0.1) is 17.6 Å². The van der Waals surface area contributed by atoms with Crippen LogP contribution in [-0.4, -0.2) is 31.8 Å². The fraction of sp³-hybridized carbons (Fsp3) is 0.667. The number of nitrogens with zero attached hydrogens (tertiary/aromatic N) is 2. The summed E-state index contributed by atoms with van der Waals surface area (Å²) in [7, 11) is 1.78. The third kappa shape index (κ3) is 3.67. The van der Waals surface area contributed by atoms with Crippen LogP contribution in [-0.2, 0) is 4.74 Å². The standard InChI is InChI=1S/C15H25N3O/c1-3-14(16)15-5-4-13(10-17-15)18-8-6-12(7-9-18)11-19-2/h4-5,10,12,14H,3,6-9,11,16H2,1-2H3/t14-/m0/s1. The SMILES string of the molecule is CC[C@H](N)c1ccc(N2CCC(COC)CC2)cn1. The Labute approximate surface area is 116 Å². The Bertz CT molecular complexity index is 371. The predicted molar refractivity (Wildman–Crippen MR) is 78.3 cm³/mol. The maximum Gasteiger partial charge on any atom is 0.0572 e. The minimum atomic E-state index is 0.0569. The lowest BCUT2D eigenvalue weighted by atomic mass is 9.97. The van der Waals surface area contributed by atoms with Crippen molar-refractivity contribution in [3.05, 3.63) is 24.0 Å². The molecule has 1 atom stereocenters. The summed E-state index contributed by atoms with van der Waals surface area (Å²) >= 11 is 0. The number of methoxy groups -OCH3 is 1. The molecular formula is C15H25N3O. The Balaban J connectivity index is 1.92. The van der Waals surface area contributed by atoms with Crippen molar-refractivity contribution in [1.82, 2.24) is 4.98 Å². The lowest BCUT2D eigenvalue weighted by Crippen LogP contribution is -2.35. The van der Waals surface area contributed by atoms with Gasteiger partial charge in [-0.1, -0.05) is 6.92 Å². The predicted octanol–water partition coefficient (Wildman–Crippen LogP) is 2.35. The van der Waals surface area contributed by atoms with Crippen molar-refractivity contribution in [3.63, 3.8) is 0 Å². The third-order valence-corrected chi connectivity index (χ3v) is 3.97. The molecule has 1 aliphatic rings. The Kier molecular flexibility index (Phi) is 5.16. The largest absolute Gasteiger partial charge is 0.384 e. The molecule has 1 aromatic heterocycles. The van der Waals surface area contributed by atoms with Gasteiger partial charge in [0, 0.05) is 32.8 Å². The zero-order valence-electron chi connectivity index (χ0n) is 12.0. The van der Waals surface area contributed by atoms with E-state index < -0.39 is 0 Å². The smallest absolute Gasteiger partial charge is 0.0572 e. The van der Waals surface area contributed by atoms with Gasteiger partial charge in [0.1, 0.15) is 0 Å². The molecule has 1 saturated heterocycles. The average Bonchev–Trinajstić information content (AvgIpc) is 2.48. The van der Waals surface area contributed by atoms with E-state index in [2.05, 4.69) is 28.9 Å². The van der Waals surface area contributed by atoms with Crippen LogP contribution in [0.5, 0.6) is 0 Å². The van der Waals surface area contributed by atoms with Gasteiger partial charge in [-0.2, -0.15) is 0 Å². The van der Waals surface area contributed by atoms with E-state index in [0.29, 0.717) is 5.92 Å². The summed E-state index contributed by atoms with van der Waals surface area (Å²) in [5.41, 5.74) is 8.18. The molecule has 2 N–H and O–H groups in total. The lowest BCUT2D eigenvalue weighted by Gasteiger charge is -2.33. The second-order valence-electron chi connectivity index (χ2n) is 5.34. The van der Waals surface area contributed by atoms with Gasteiger partial charge in [-0.05, 0) is 37.3 Å². The molecule has 4 nitrogen and oxygen atoms in total. The number of hydrogen-bond acceptors (Lipinski definition) is 4. The van der Waals surface area contributed by atoms with E-state index in [1.54, 1.807) is 7.11 Å². The van der Waals surface area contributed by atoms with Gasteiger partial charge in [-0.3, -0.25) is 4.98 Å². The van der Waals surface area contributed by atoms with Crippen LogP contribution in [0.2, 0.25) is 0 Å².